The normalized spacial score (nSPS) is 11.9. The number of halogens is 1. The highest BCUT2D eigenvalue weighted by Gasteiger charge is 2.23. The third kappa shape index (κ3) is 3.64. The van der Waals surface area contributed by atoms with Crippen molar-refractivity contribution in [1.29, 1.82) is 0 Å². The Kier molecular flexibility index (Phi) is 5.00. The van der Waals surface area contributed by atoms with E-state index < -0.39 is 17.9 Å². The number of hydrogen-bond donors (Lipinski definition) is 2. The number of fused-ring (bicyclic) bond motifs is 1. The maximum Gasteiger partial charge on any atom is 0.307 e. The van der Waals surface area contributed by atoms with Crippen LogP contribution in [0.3, 0.4) is 0 Å². The van der Waals surface area contributed by atoms with Gasteiger partial charge in [-0.25, -0.2) is 0 Å². The van der Waals surface area contributed by atoms with Crippen LogP contribution in [0.15, 0.2) is 48.5 Å². The lowest BCUT2D eigenvalue weighted by Crippen LogP contribution is -2.31. The lowest BCUT2D eigenvalue weighted by atomic mass is 10.0. The number of H-pyrrole nitrogens is 1. The number of nitrogens with one attached hydrogen (secondary N) is 2. The van der Waals surface area contributed by atoms with Gasteiger partial charge in [-0.1, -0.05) is 48.0 Å². The van der Waals surface area contributed by atoms with Crippen molar-refractivity contribution in [3.8, 4) is 0 Å². The van der Waals surface area contributed by atoms with Crippen LogP contribution in [0.4, 0.5) is 0 Å². The van der Waals surface area contributed by atoms with E-state index in [-0.39, 0.29) is 12.1 Å². The molecule has 0 fully saturated rings. The van der Waals surface area contributed by atoms with Gasteiger partial charge in [-0.3, -0.25) is 14.7 Å². The zero-order valence-electron chi connectivity index (χ0n) is 13.5. The molecule has 1 aromatic heterocycles. The third-order valence-corrected chi connectivity index (χ3v) is 4.21. The van der Waals surface area contributed by atoms with E-state index in [1.165, 1.54) is 7.11 Å². The number of rotatable bonds is 5. The van der Waals surface area contributed by atoms with Crippen LogP contribution in [-0.2, 0) is 9.53 Å². The number of benzene rings is 2. The fraction of sp³-hybridized carbons (Fsp3) is 0.167. The number of amides is 1. The summed E-state index contributed by atoms with van der Waals surface area (Å²) in [5.41, 5.74) is 1.66. The van der Waals surface area contributed by atoms with Crippen LogP contribution in [0.2, 0.25) is 5.02 Å². The third-order valence-electron chi connectivity index (χ3n) is 3.87. The van der Waals surface area contributed by atoms with Gasteiger partial charge in [0.25, 0.3) is 5.91 Å². The minimum Gasteiger partial charge on any atom is -0.469 e. The van der Waals surface area contributed by atoms with Crippen LogP contribution in [0.5, 0.6) is 0 Å². The Morgan fingerprint density at radius 1 is 1.20 bits per heavy atom. The highest BCUT2D eigenvalue weighted by Crippen LogP contribution is 2.26. The maximum absolute atomic E-state index is 12.7. The predicted octanol–water partition coefficient (Wildman–Crippen LogP) is 3.25. The Morgan fingerprint density at radius 3 is 2.68 bits per heavy atom. The molecule has 0 spiro atoms. The molecule has 6 nitrogen and oxygen atoms in total. The van der Waals surface area contributed by atoms with E-state index in [0.29, 0.717) is 16.0 Å². The minimum absolute atomic E-state index is 0.0334. The van der Waals surface area contributed by atoms with E-state index >= 15 is 0 Å². The van der Waals surface area contributed by atoms with E-state index in [0.717, 1.165) is 5.52 Å². The summed E-state index contributed by atoms with van der Waals surface area (Å²) in [7, 11) is 1.30. The van der Waals surface area contributed by atoms with Crippen molar-refractivity contribution >= 4 is 34.4 Å². The van der Waals surface area contributed by atoms with Crippen molar-refractivity contribution in [3.05, 3.63) is 64.8 Å². The molecule has 2 aromatic carbocycles. The molecular weight excluding hydrogens is 342 g/mol. The molecule has 1 amide bonds. The van der Waals surface area contributed by atoms with Gasteiger partial charge in [-0.05, 0) is 17.7 Å². The number of nitrogens with zero attached hydrogens (tertiary/aromatic N) is 1. The molecular formula is C18H16ClN3O3. The Hall–Kier alpha value is -2.86. The number of esters is 1. The molecule has 0 saturated heterocycles. The Morgan fingerprint density at radius 2 is 1.92 bits per heavy atom. The highest BCUT2D eigenvalue weighted by molar-refractivity contribution is 6.31. The van der Waals surface area contributed by atoms with Gasteiger partial charge in [0.05, 0.1) is 25.1 Å². The fourth-order valence-corrected chi connectivity index (χ4v) is 2.88. The number of aromatic amines is 1. The lowest BCUT2D eigenvalue weighted by molar-refractivity contribution is -0.141. The van der Waals surface area contributed by atoms with Crippen molar-refractivity contribution < 1.29 is 14.3 Å². The standard InChI is InChI=1S/C18H16ClN3O3/c1-25-16(23)10-15(11-6-2-4-8-13(11)19)20-18(24)17-12-7-3-5-9-14(12)21-22-17/h2-9,15H,10H2,1H3,(H,20,24)(H,21,22). The number of carbonyl (C=O) groups excluding carboxylic acids is 2. The second kappa shape index (κ2) is 7.36. The fourth-order valence-electron chi connectivity index (χ4n) is 2.61. The van der Waals surface area contributed by atoms with Gasteiger partial charge < -0.3 is 10.1 Å². The molecule has 7 heteroatoms. The van der Waals surface area contributed by atoms with Crippen LogP contribution < -0.4 is 5.32 Å². The SMILES string of the molecule is COC(=O)CC(NC(=O)c1n[nH]c2ccccc12)c1ccccc1Cl. The second-order valence-electron chi connectivity index (χ2n) is 5.45. The first kappa shape index (κ1) is 17.0. The van der Waals surface area contributed by atoms with E-state index in [1.807, 2.05) is 18.2 Å². The van der Waals surface area contributed by atoms with Gasteiger partial charge in [-0.2, -0.15) is 5.10 Å². The number of carbonyl (C=O) groups is 2. The van der Waals surface area contributed by atoms with E-state index in [4.69, 9.17) is 16.3 Å². The summed E-state index contributed by atoms with van der Waals surface area (Å²) >= 11 is 6.22. The quantitative estimate of drug-likeness (QED) is 0.686. The van der Waals surface area contributed by atoms with Crippen LogP contribution in [0.25, 0.3) is 10.9 Å². The summed E-state index contributed by atoms with van der Waals surface area (Å²) in [5, 5.41) is 10.9. The molecule has 0 bridgehead atoms. The zero-order chi connectivity index (χ0) is 17.8. The lowest BCUT2D eigenvalue weighted by Gasteiger charge is -2.19. The number of para-hydroxylation sites is 1. The Balaban J connectivity index is 1.90. The van der Waals surface area contributed by atoms with Gasteiger partial charge in [0, 0.05) is 10.4 Å². The van der Waals surface area contributed by atoms with Gasteiger partial charge in [0.2, 0.25) is 0 Å². The first-order valence-corrected chi connectivity index (χ1v) is 8.03. The van der Waals surface area contributed by atoms with Gasteiger partial charge in [-0.15, -0.1) is 0 Å². The molecule has 1 unspecified atom stereocenters. The average Bonchev–Trinajstić information content (AvgIpc) is 3.05. The van der Waals surface area contributed by atoms with Crippen molar-refractivity contribution in [3.63, 3.8) is 0 Å². The van der Waals surface area contributed by atoms with Crippen LogP contribution in [0, 0.1) is 0 Å². The first-order valence-electron chi connectivity index (χ1n) is 7.65. The smallest absolute Gasteiger partial charge is 0.307 e. The Bertz CT molecular complexity index is 923. The number of methoxy groups -OCH3 is 1. The van der Waals surface area contributed by atoms with Crippen molar-refractivity contribution in [2.75, 3.05) is 7.11 Å². The minimum atomic E-state index is -0.621. The van der Waals surface area contributed by atoms with E-state index in [9.17, 15) is 9.59 Å². The zero-order valence-corrected chi connectivity index (χ0v) is 14.2. The summed E-state index contributed by atoms with van der Waals surface area (Å²) < 4.78 is 4.73. The van der Waals surface area contributed by atoms with Crippen molar-refractivity contribution in [2.24, 2.45) is 0 Å². The van der Waals surface area contributed by atoms with Crippen molar-refractivity contribution in [1.82, 2.24) is 15.5 Å². The summed E-state index contributed by atoms with van der Waals surface area (Å²) in [4.78, 5) is 24.4. The largest absolute Gasteiger partial charge is 0.469 e. The van der Waals surface area contributed by atoms with Crippen LogP contribution in [0.1, 0.15) is 28.5 Å². The molecule has 0 aliphatic heterocycles. The summed E-state index contributed by atoms with van der Waals surface area (Å²) in [6, 6.07) is 13.7. The summed E-state index contributed by atoms with van der Waals surface area (Å²) in [6.45, 7) is 0. The topological polar surface area (TPSA) is 84.1 Å². The van der Waals surface area contributed by atoms with E-state index in [2.05, 4.69) is 15.5 Å². The maximum atomic E-state index is 12.7. The first-order chi connectivity index (χ1) is 12.1. The molecule has 2 N–H and O–H groups in total. The van der Waals surface area contributed by atoms with Crippen molar-refractivity contribution in [2.45, 2.75) is 12.5 Å². The second-order valence-corrected chi connectivity index (χ2v) is 5.85. The molecule has 0 saturated carbocycles. The number of hydrogen-bond acceptors (Lipinski definition) is 4. The number of aromatic nitrogens is 2. The van der Waals surface area contributed by atoms with Gasteiger partial charge >= 0.3 is 5.97 Å². The number of ether oxygens (including phenoxy) is 1. The molecule has 3 rings (SSSR count). The molecule has 3 aromatic rings. The van der Waals surface area contributed by atoms with Gasteiger partial charge in [0.1, 0.15) is 0 Å². The molecule has 128 valence electrons. The molecule has 0 aliphatic carbocycles. The van der Waals surface area contributed by atoms with E-state index in [1.54, 1.807) is 30.3 Å². The summed E-state index contributed by atoms with van der Waals surface area (Å²) in [6.07, 6.45) is -0.0334. The molecule has 1 heterocycles. The molecule has 0 aliphatic rings. The van der Waals surface area contributed by atoms with Gasteiger partial charge in [0.15, 0.2) is 5.69 Å². The molecule has 1 atom stereocenters. The monoisotopic (exact) mass is 357 g/mol. The van der Waals surface area contributed by atoms with Crippen LogP contribution in [-0.4, -0.2) is 29.2 Å². The molecule has 0 radical (unpaired) electrons. The Labute approximate surface area is 149 Å². The molecule has 25 heavy (non-hydrogen) atoms. The summed E-state index contributed by atoms with van der Waals surface area (Å²) in [5.74, 6) is -0.844. The average molecular weight is 358 g/mol. The highest BCUT2D eigenvalue weighted by atomic mass is 35.5. The predicted molar refractivity (Wildman–Crippen MR) is 94.4 cm³/mol. The van der Waals surface area contributed by atoms with Crippen LogP contribution >= 0.6 is 11.6 Å².